The van der Waals surface area contributed by atoms with Crippen LogP contribution in [0.2, 0.25) is 0 Å². The van der Waals surface area contributed by atoms with Gasteiger partial charge in [-0.2, -0.15) is 0 Å². The topological polar surface area (TPSA) is 72.1 Å². The third-order valence-electron chi connectivity index (χ3n) is 3.57. The van der Waals surface area contributed by atoms with Gasteiger partial charge in [0.1, 0.15) is 5.69 Å². The van der Waals surface area contributed by atoms with E-state index in [0.717, 1.165) is 25.1 Å². The van der Waals surface area contributed by atoms with Crippen molar-refractivity contribution in [1.82, 2.24) is 14.9 Å². The summed E-state index contributed by atoms with van der Waals surface area (Å²) in [4.78, 5) is 22.5. The van der Waals surface area contributed by atoms with Crippen LogP contribution in [0.5, 0.6) is 0 Å². The predicted octanol–water partition coefficient (Wildman–Crippen LogP) is 0.984. The molecule has 5 heteroatoms. The van der Waals surface area contributed by atoms with E-state index in [1.807, 2.05) is 11.8 Å². The van der Waals surface area contributed by atoms with Gasteiger partial charge in [0.2, 0.25) is 0 Å². The first-order valence-electron chi connectivity index (χ1n) is 6.41. The van der Waals surface area contributed by atoms with Crippen LogP contribution in [0, 0.1) is 12.8 Å². The standard InChI is InChI=1S/C13H20N4O/c1-9-6-16-12(7-15-9)13(18)17-8-11(5-14)4-3-10(17)2/h6-7,10-11H,3-5,8,14H2,1-2H3. The molecule has 1 aliphatic rings. The van der Waals surface area contributed by atoms with Gasteiger partial charge in [-0.1, -0.05) is 0 Å². The van der Waals surface area contributed by atoms with Crippen LogP contribution in [-0.4, -0.2) is 39.9 Å². The molecule has 2 N–H and O–H groups in total. The molecule has 1 amide bonds. The van der Waals surface area contributed by atoms with Crippen molar-refractivity contribution in [2.45, 2.75) is 32.7 Å². The van der Waals surface area contributed by atoms with E-state index in [1.54, 1.807) is 12.4 Å². The van der Waals surface area contributed by atoms with Crippen LogP contribution in [0.4, 0.5) is 0 Å². The van der Waals surface area contributed by atoms with Gasteiger partial charge in [-0.05, 0) is 39.2 Å². The summed E-state index contributed by atoms with van der Waals surface area (Å²) in [5.41, 5.74) is 6.94. The molecular weight excluding hydrogens is 228 g/mol. The molecule has 2 heterocycles. The zero-order valence-corrected chi connectivity index (χ0v) is 11.0. The maximum Gasteiger partial charge on any atom is 0.274 e. The summed E-state index contributed by atoms with van der Waals surface area (Å²) in [7, 11) is 0. The summed E-state index contributed by atoms with van der Waals surface area (Å²) in [5, 5.41) is 0. The summed E-state index contributed by atoms with van der Waals surface area (Å²) in [6.45, 7) is 5.30. The van der Waals surface area contributed by atoms with Crippen molar-refractivity contribution in [2.75, 3.05) is 13.1 Å². The van der Waals surface area contributed by atoms with Crippen LogP contribution in [0.1, 0.15) is 35.9 Å². The first-order valence-corrected chi connectivity index (χ1v) is 6.41. The molecule has 1 aliphatic heterocycles. The third kappa shape index (κ3) is 2.67. The van der Waals surface area contributed by atoms with Crippen LogP contribution in [0.25, 0.3) is 0 Å². The fraction of sp³-hybridized carbons (Fsp3) is 0.615. The second-order valence-electron chi connectivity index (χ2n) is 5.03. The highest BCUT2D eigenvalue weighted by Crippen LogP contribution is 2.22. The van der Waals surface area contributed by atoms with Crippen molar-refractivity contribution in [3.05, 3.63) is 23.8 Å². The Morgan fingerprint density at radius 1 is 1.44 bits per heavy atom. The lowest BCUT2D eigenvalue weighted by molar-refractivity contribution is 0.0560. The van der Waals surface area contributed by atoms with E-state index in [4.69, 9.17) is 5.73 Å². The number of piperidine rings is 1. The summed E-state index contributed by atoms with van der Waals surface area (Å²) < 4.78 is 0. The van der Waals surface area contributed by atoms with Gasteiger partial charge in [0, 0.05) is 18.8 Å². The highest BCUT2D eigenvalue weighted by molar-refractivity contribution is 5.92. The summed E-state index contributed by atoms with van der Waals surface area (Å²) >= 11 is 0. The Morgan fingerprint density at radius 2 is 2.22 bits per heavy atom. The van der Waals surface area contributed by atoms with E-state index in [-0.39, 0.29) is 11.9 Å². The molecule has 1 fully saturated rings. The van der Waals surface area contributed by atoms with E-state index in [0.29, 0.717) is 18.2 Å². The lowest BCUT2D eigenvalue weighted by Gasteiger charge is -2.37. The first-order chi connectivity index (χ1) is 8.61. The molecule has 0 bridgehead atoms. The Kier molecular flexibility index (Phi) is 3.91. The molecule has 0 radical (unpaired) electrons. The Balaban J connectivity index is 2.13. The van der Waals surface area contributed by atoms with Crippen LogP contribution in [0.3, 0.4) is 0 Å². The Morgan fingerprint density at radius 3 is 2.83 bits per heavy atom. The number of carbonyl (C=O) groups is 1. The Hall–Kier alpha value is -1.49. The van der Waals surface area contributed by atoms with Crippen molar-refractivity contribution in [3.63, 3.8) is 0 Å². The number of carbonyl (C=O) groups excluding carboxylic acids is 1. The van der Waals surface area contributed by atoms with Crippen LogP contribution in [-0.2, 0) is 0 Å². The van der Waals surface area contributed by atoms with Crippen LogP contribution in [0.15, 0.2) is 12.4 Å². The molecular formula is C13H20N4O. The lowest BCUT2D eigenvalue weighted by Crippen LogP contribution is -2.47. The number of nitrogens with two attached hydrogens (primary N) is 1. The SMILES string of the molecule is Cc1cnc(C(=O)N2CC(CN)CCC2C)cn1. The van der Waals surface area contributed by atoms with Gasteiger partial charge in [-0.3, -0.25) is 9.78 Å². The Bertz CT molecular complexity index is 418. The van der Waals surface area contributed by atoms with Gasteiger partial charge in [0.25, 0.3) is 5.91 Å². The number of rotatable bonds is 2. The predicted molar refractivity (Wildman–Crippen MR) is 69.0 cm³/mol. The molecule has 1 saturated heterocycles. The molecule has 5 nitrogen and oxygen atoms in total. The van der Waals surface area contributed by atoms with Gasteiger partial charge in [0.05, 0.1) is 11.9 Å². The molecule has 0 spiro atoms. The lowest BCUT2D eigenvalue weighted by atomic mass is 9.93. The van der Waals surface area contributed by atoms with Gasteiger partial charge >= 0.3 is 0 Å². The van der Waals surface area contributed by atoms with Crippen molar-refractivity contribution >= 4 is 5.91 Å². The second kappa shape index (κ2) is 5.44. The molecule has 98 valence electrons. The number of nitrogens with zero attached hydrogens (tertiary/aromatic N) is 3. The molecule has 0 aliphatic carbocycles. The fourth-order valence-corrected chi connectivity index (χ4v) is 2.31. The molecule has 18 heavy (non-hydrogen) atoms. The van der Waals surface area contributed by atoms with E-state index < -0.39 is 0 Å². The number of hydrogen-bond donors (Lipinski definition) is 1. The maximum atomic E-state index is 12.4. The number of aryl methyl sites for hydroxylation is 1. The zero-order valence-electron chi connectivity index (χ0n) is 11.0. The molecule has 2 unspecified atom stereocenters. The van der Waals surface area contributed by atoms with Crippen LogP contribution < -0.4 is 5.73 Å². The smallest absolute Gasteiger partial charge is 0.274 e. The van der Waals surface area contributed by atoms with Crippen molar-refractivity contribution in [3.8, 4) is 0 Å². The van der Waals surface area contributed by atoms with E-state index in [2.05, 4.69) is 16.9 Å². The molecule has 1 aromatic rings. The minimum absolute atomic E-state index is 0.0341. The molecule has 2 rings (SSSR count). The monoisotopic (exact) mass is 248 g/mol. The minimum atomic E-state index is -0.0341. The molecule has 0 aromatic carbocycles. The van der Waals surface area contributed by atoms with Gasteiger partial charge in [-0.15, -0.1) is 0 Å². The normalized spacial score (nSPS) is 24.1. The average Bonchev–Trinajstić information content (AvgIpc) is 2.39. The molecule has 2 atom stereocenters. The van der Waals surface area contributed by atoms with Gasteiger partial charge < -0.3 is 10.6 Å². The minimum Gasteiger partial charge on any atom is -0.334 e. The van der Waals surface area contributed by atoms with Crippen molar-refractivity contribution in [1.29, 1.82) is 0 Å². The largest absolute Gasteiger partial charge is 0.334 e. The highest BCUT2D eigenvalue weighted by atomic mass is 16.2. The average molecular weight is 248 g/mol. The van der Waals surface area contributed by atoms with Crippen molar-refractivity contribution in [2.24, 2.45) is 11.7 Å². The highest BCUT2D eigenvalue weighted by Gasteiger charge is 2.29. The number of aromatic nitrogens is 2. The van der Waals surface area contributed by atoms with Crippen molar-refractivity contribution < 1.29 is 4.79 Å². The number of hydrogen-bond acceptors (Lipinski definition) is 4. The van der Waals surface area contributed by atoms with Gasteiger partial charge in [-0.25, -0.2) is 4.98 Å². The maximum absolute atomic E-state index is 12.4. The molecule has 0 saturated carbocycles. The van der Waals surface area contributed by atoms with E-state index in [1.165, 1.54) is 0 Å². The number of likely N-dealkylation sites (tertiary alicyclic amines) is 1. The summed E-state index contributed by atoms with van der Waals surface area (Å²) in [5.74, 6) is 0.372. The summed E-state index contributed by atoms with van der Waals surface area (Å²) in [6.07, 6.45) is 5.28. The summed E-state index contributed by atoms with van der Waals surface area (Å²) in [6, 6.07) is 0.253. The van der Waals surface area contributed by atoms with Gasteiger partial charge in [0.15, 0.2) is 0 Å². The number of amides is 1. The molecule has 1 aromatic heterocycles. The van der Waals surface area contributed by atoms with E-state index in [9.17, 15) is 4.79 Å². The Labute approximate surface area is 107 Å². The quantitative estimate of drug-likeness (QED) is 0.847. The fourth-order valence-electron chi connectivity index (χ4n) is 2.31. The first kappa shape index (κ1) is 13.0. The third-order valence-corrected chi connectivity index (χ3v) is 3.57. The second-order valence-corrected chi connectivity index (χ2v) is 5.03. The van der Waals surface area contributed by atoms with E-state index >= 15 is 0 Å². The van der Waals surface area contributed by atoms with Crippen LogP contribution >= 0.6 is 0 Å². The zero-order chi connectivity index (χ0) is 13.1.